The largest absolute Gasteiger partial charge is 0.397 e. The van der Waals surface area contributed by atoms with Crippen molar-refractivity contribution in [3.05, 3.63) is 41.3 Å². The quantitative estimate of drug-likeness (QED) is 0.821. The summed E-state index contributed by atoms with van der Waals surface area (Å²) in [6.07, 6.45) is 0. The molecule has 1 heterocycles. The number of nitrogens with one attached hydrogen (secondary N) is 1. The summed E-state index contributed by atoms with van der Waals surface area (Å²) in [7, 11) is 1.54. The minimum atomic E-state index is -0.373. The van der Waals surface area contributed by atoms with Gasteiger partial charge >= 0.3 is 0 Å². The summed E-state index contributed by atoms with van der Waals surface area (Å²) in [5, 5.41) is 6.35. The molecule has 3 N–H and O–H groups in total. The molecule has 0 saturated carbocycles. The van der Waals surface area contributed by atoms with Gasteiger partial charge in [-0.2, -0.15) is 0 Å². The Hall–Kier alpha value is -2.34. The molecule has 0 aliphatic carbocycles. The number of aromatic nitrogens is 1. The molecule has 0 fully saturated rings. The first-order valence-electron chi connectivity index (χ1n) is 5.72. The highest BCUT2D eigenvalue weighted by atomic mass is 16.5. The Morgan fingerprint density at radius 3 is 2.95 bits per heavy atom. The van der Waals surface area contributed by atoms with Gasteiger partial charge in [-0.1, -0.05) is 11.2 Å². The van der Waals surface area contributed by atoms with Gasteiger partial charge in [0.25, 0.3) is 5.91 Å². The Bertz CT molecular complexity index is 593. The van der Waals surface area contributed by atoms with Gasteiger partial charge in [0.15, 0.2) is 11.5 Å². The molecule has 1 aromatic heterocycles. The van der Waals surface area contributed by atoms with Crippen LogP contribution in [0.3, 0.4) is 0 Å². The zero-order valence-electron chi connectivity index (χ0n) is 10.8. The van der Waals surface area contributed by atoms with E-state index in [4.69, 9.17) is 15.0 Å². The van der Waals surface area contributed by atoms with Crippen molar-refractivity contribution in [2.75, 3.05) is 18.2 Å². The monoisotopic (exact) mass is 261 g/mol. The summed E-state index contributed by atoms with van der Waals surface area (Å²) in [5.74, 6) is 0.117. The lowest BCUT2D eigenvalue weighted by Crippen LogP contribution is -2.13. The number of amides is 1. The van der Waals surface area contributed by atoms with Crippen LogP contribution in [0.5, 0.6) is 0 Å². The van der Waals surface area contributed by atoms with Crippen molar-refractivity contribution < 1.29 is 14.1 Å². The van der Waals surface area contributed by atoms with E-state index in [2.05, 4.69) is 10.5 Å². The summed E-state index contributed by atoms with van der Waals surface area (Å²) in [5.41, 5.74) is 8.09. The number of nitrogens with two attached hydrogens (primary N) is 1. The maximum Gasteiger partial charge on any atom is 0.277 e. The van der Waals surface area contributed by atoms with Crippen LogP contribution in [0, 0.1) is 6.92 Å². The van der Waals surface area contributed by atoms with E-state index in [-0.39, 0.29) is 18.2 Å². The third-order valence-electron chi connectivity index (χ3n) is 2.53. The van der Waals surface area contributed by atoms with E-state index in [1.165, 1.54) is 13.2 Å². The predicted octanol–water partition coefficient (Wildman–Crippen LogP) is 1.96. The number of carbonyl (C=O) groups is 1. The van der Waals surface area contributed by atoms with Crippen LogP contribution in [0.2, 0.25) is 0 Å². The number of hydrogen-bond acceptors (Lipinski definition) is 5. The molecule has 19 heavy (non-hydrogen) atoms. The minimum Gasteiger partial charge on any atom is -0.397 e. The van der Waals surface area contributed by atoms with Gasteiger partial charge in [-0.15, -0.1) is 0 Å². The van der Waals surface area contributed by atoms with Crippen LogP contribution in [0.15, 0.2) is 28.8 Å². The normalized spacial score (nSPS) is 10.4. The summed E-state index contributed by atoms with van der Waals surface area (Å²) in [6.45, 7) is 2.20. The van der Waals surface area contributed by atoms with E-state index in [9.17, 15) is 4.79 Å². The van der Waals surface area contributed by atoms with Gasteiger partial charge in [-0.05, 0) is 24.6 Å². The first-order valence-corrected chi connectivity index (χ1v) is 5.72. The highest BCUT2D eigenvalue weighted by molar-refractivity contribution is 6.04. The highest BCUT2D eigenvalue weighted by Gasteiger charge is 2.13. The van der Waals surface area contributed by atoms with Crippen LogP contribution >= 0.6 is 0 Å². The van der Waals surface area contributed by atoms with Crippen molar-refractivity contribution in [1.82, 2.24) is 5.16 Å². The molecule has 2 rings (SSSR count). The van der Waals surface area contributed by atoms with Crippen molar-refractivity contribution in [2.24, 2.45) is 0 Å². The summed E-state index contributed by atoms with van der Waals surface area (Å²) >= 11 is 0. The number of nitrogen functional groups attached to an aromatic ring is 1. The third-order valence-corrected chi connectivity index (χ3v) is 2.53. The van der Waals surface area contributed by atoms with Crippen molar-refractivity contribution in [3.8, 4) is 0 Å². The maximum atomic E-state index is 11.9. The Kier molecular flexibility index (Phi) is 3.82. The van der Waals surface area contributed by atoms with Crippen LogP contribution in [0.1, 0.15) is 21.8 Å². The lowest BCUT2D eigenvalue weighted by molar-refractivity contribution is 0.101. The van der Waals surface area contributed by atoms with Crippen LogP contribution in [-0.2, 0) is 11.3 Å². The highest BCUT2D eigenvalue weighted by Crippen LogP contribution is 2.20. The minimum absolute atomic E-state index is 0.187. The van der Waals surface area contributed by atoms with E-state index in [0.29, 0.717) is 17.1 Å². The summed E-state index contributed by atoms with van der Waals surface area (Å²) in [6, 6.07) is 6.93. The van der Waals surface area contributed by atoms with Crippen molar-refractivity contribution in [1.29, 1.82) is 0 Å². The average Bonchev–Trinajstić information content (AvgIpc) is 2.82. The molecule has 6 heteroatoms. The van der Waals surface area contributed by atoms with Gasteiger partial charge in [0, 0.05) is 13.2 Å². The SMILES string of the molecule is COCc1cc(C(=O)Nc2ccc(C)cc2N)no1. The second-order valence-electron chi connectivity index (χ2n) is 4.16. The molecule has 1 aromatic carbocycles. The second kappa shape index (κ2) is 5.53. The van der Waals surface area contributed by atoms with E-state index >= 15 is 0 Å². The molecule has 0 aliphatic rings. The van der Waals surface area contributed by atoms with Gasteiger partial charge in [0.1, 0.15) is 6.61 Å². The van der Waals surface area contributed by atoms with Crippen LogP contribution in [0.4, 0.5) is 11.4 Å². The fourth-order valence-corrected chi connectivity index (χ4v) is 1.61. The zero-order valence-corrected chi connectivity index (χ0v) is 10.8. The molecule has 0 bridgehead atoms. The molecular formula is C13H15N3O3. The van der Waals surface area contributed by atoms with Gasteiger partial charge in [0.2, 0.25) is 0 Å². The second-order valence-corrected chi connectivity index (χ2v) is 4.16. The smallest absolute Gasteiger partial charge is 0.277 e. The number of benzene rings is 1. The molecule has 0 aliphatic heterocycles. The van der Waals surface area contributed by atoms with E-state index in [1.54, 1.807) is 12.1 Å². The fourth-order valence-electron chi connectivity index (χ4n) is 1.61. The number of carbonyl (C=O) groups excluding carboxylic acids is 1. The first-order chi connectivity index (χ1) is 9.10. The number of rotatable bonds is 4. The zero-order chi connectivity index (χ0) is 13.8. The summed E-state index contributed by atoms with van der Waals surface area (Å²) < 4.78 is 9.83. The Labute approximate surface area is 110 Å². The topological polar surface area (TPSA) is 90.4 Å². The van der Waals surface area contributed by atoms with Crippen LogP contribution < -0.4 is 11.1 Å². The maximum absolute atomic E-state index is 11.9. The van der Waals surface area contributed by atoms with Gasteiger partial charge in [-0.3, -0.25) is 4.79 Å². The number of nitrogens with zero attached hydrogens (tertiary/aromatic N) is 1. The van der Waals surface area contributed by atoms with E-state index < -0.39 is 0 Å². The van der Waals surface area contributed by atoms with Crippen molar-refractivity contribution in [3.63, 3.8) is 0 Å². The first kappa shape index (κ1) is 13.1. The lowest BCUT2D eigenvalue weighted by Gasteiger charge is -2.07. The molecule has 0 saturated heterocycles. The van der Waals surface area contributed by atoms with Crippen molar-refractivity contribution >= 4 is 17.3 Å². The molecule has 0 radical (unpaired) electrons. The Balaban J connectivity index is 2.11. The number of hydrogen-bond donors (Lipinski definition) is 2. The molecule has 2 aromatic rings. The molecule has 0 spiro atoms. The van der Waals surface area contributed by atoms with Crippen LogP contribution in [0.25, 0.3) is 0 Å². The van der Waals surface area contributed by atoms with Gasteiger partial charge in [0.05, 0.1) is 11.4 Å². The van der Waals surface area contributed by atoms with Crippen molar-refractivity contribution in [2.45, 2.75) is 13.5 Å². The van der Waals surface area contributed by atoms with Gasteiger partial charge < -0.3 is 20.3 Å². The molecular weight excluding hydrogens is 246 g/mol. The predicted molar refractivity (Wildman–Crippen MR) is 70.8 cm³/mol. The average molecular weight is 261 g/mol. The van der Waals surface area contributed by atoms with E-state index in [1.807, 2.05) is 13.0 Å². The third kappa shape index (κ3) is 3.11. The Morgan fingerprint density at radius 1 is 1.47 bits per heavy atom. The van der Waals surface area contributed by atoms with Crippen LogP contribution in [-0.4, -0.2) is 18.2 Å². The molecule has 6 nitrogen and oxygen atoms in total. The number of aryl methyl sites for hydroxylation is 1. The van der Waals surface area contributed by atoms with Gasteiger partial charge in [-0.25, -0.2) is 0 Å². The number of methoxy groups -OCH3 is 1. The van der Waals surface area contributed by atoms with E-state index in [0.717, 1.165) is 5.56 Å². The standard InChI is InChI=1S/C13H15N3O3/c1-8-3-4-11(10(14)5-8)15-13(17)12-6-9(7-18-2)19-16-12/h3-6H,7,14H2,1-2H3,(H,15,17). The fraction of sp³-hybridized carbons (Fsp3) is 0.231. The molecule has 0 unspecified atom stereocenters. The lowest BCUT2D eigenvalue weighted by atomic mass is 10.2. The summed E-state index contributed by atoms with van der Waals surface area (Å²) in [4.78, 5) is 11.9. The number of anilines is 2. The molecule has 100 valence electrons. The molecule has 0 atom stereocenters. The molecule has 1 amide bonds. The number of ether oxygens (including phenoxy) is 1. The Morgan fingerprint density at radius 2 is 2.26 bits per heavy atom.